The number of hydrogen-bond acceptors (Lipinski definition) is 5. The van der Waals surface area contributed by atoms with E-state index in [4.69, 9.17) is 4.74 Å². The molecule has 0 radical (unpaired) electrons. The van der Waals surface area contributed by atoms with E-state index in [-0.39, 0.29) is 5.57 Å². The van der Waals surface area contributed by atoms with Crippen molar-refractivity contribution >= 4 is 17.8 Å². The van der Waals surface area contributed by atoms with Crippen molar-refractivity contribution in [2.75, 3.05) is 27.2 Å². The van der Waals surface area contributed by atoms with Crippen molar-refractivity contribution in [2.24, 2.45) is 0 Å². The average Bonchev–Trinajstić information content (AvgIpc) is 3.14. The molecule has 1 amide bonds. The minimum Gasteiger partial charge on any atom is -0.503 e. The van der Waals surface area contributed by atoms with Crippen molar-refractivity contribution in [2.45, 2.75) is 12.5 Å². The van der Waals surface area contributed by atoms with Crippen molar-refractivity contribution in [3.63, 3.8) is 0 Å². The fourth-order valence-electron chi connectivity index (χ4n) is 4.24. The molecular formula is C30H30N2O4. The minimum absolute atomic E-state index is 0.0777. The number of nitrogens with zero attached hydrogens (tertiary/aromatic N) is 2. The molecule has 0 saturated heterocycles. The first-order chi connectivity index (χ1) is 17.4. The summed E-state index contributed by atoms with van der Waals surface area (Å²) in [6.07, 6.45) is 3.80. The number of para-hydroxylation sites is 1. The normalized spacial score (nSPS) is 15.8. The molecule has 6 heteroatoms. The van der Waals surface area contributed by atoms with Gasteiger partial charge in [-0.25, -0.2) is 0 Å². The number of ketones is 1. The van der Waals surface area contributed by atoms with Crippen LogP contribution in [0.4, 0.5) is 0 Å². The minimum atomic E-state index is -0.716. The Labute approximate surface area is 211 Å². The molecule has 0 fully saturated rings. The van der Waals surface area contributed by atoms with Crippen LogP contribution in [0.5, 0.6) is 11.5 Å². The molecule has 0 saturated carbocycles. The van der Waals surface area contributed by atoms with Gasteiger partial charge >= 0.3 is 0 Å². The highest BCUT2D eigenvalue weighted by atomic mass is 16.5. The number of ether oxygens (including phenoxy) is 1. The van der Waals surface area contributed by atoms with Crippen molar-refractivity contribution in [3.05, 3.63) is 113 Å². The zero-order valence-electron chi connectivity index (χ0n) is 20.5. The van der Waals surface area contributed by atoms with Gasteiger partial charge < -0.3 is 19.6 Å². The highest BCUT2D eigenvalue weighted by Crippen LogP contribution is 2.39. The van der Waals surface area contributed by atoms with E-state index in [2.05, 4.69) is 0 Å². The predicted octanol–water partition coefficient (Wildman–Crippen LogP) is 5.41. The van der Waals surface area contributed by atoms with Crippen LogP contribution in [0.2, 0.25) is 0 Å². The monoisotopic (exact) mass is 482 g/mol. The molecule has 1 N–H and O–H groups in total. The molecule has 0 spiro atoms. The number of aliphatic hydroxyl groups excluding tert-OH is 1. The second kappa shape index (κ2) is 11.5. The van der Waals surface area contributed by atoms with Crippen LogP contribution in [0.1, 0.15) is 23.6 Å². The van der Waals surface area contributed by atoms with Gasteiger partial charge in [0.05, 0.1) is 11.6 Å². The fraction of sp³-hybridized carbons (Fsp3) is 0.200. The average molecular weight is 483 g/mol. The van der Waals surface area contributed by atoms with Crippen LogP contribution in [0.25, 0.3) is 6.08 Å². The maximum absolute atomic E-state index is 13.3. The largest absolute Gasteiger partial charge is 0.503 e. The van der Waals surface area contributed by atoms with Gasteiger partial charge in [0.2, 0.25) is 0 Å². The standard InChI is InChI=1S/C30H30N2O4/c1-31(2)19-10-20-32-28(23-13-9-16-25(21-23)36-24-14-7-4-8-15-24)27(29(34)30(32)35)26(33)18-17-22-11-5-3-6-12-22/h3-9,11-18,21,28,34H,10,19-20H2,1-2H3/b18-17+. The summed E-state index contributed by atoms with van der Waals surface area (Å²) in [5.41, 5.74) is 1.63. The third-order valence-electron chi connectivity index (χ3n) is 5.95. The summed E-state index contributed by atoms with van der Waals surface area (Å²) in [5.74, 6) is -0.177. The second-order valence-electron chi connectivity index (χ2n) is 8.92. The molecule has 0 aliphatic carbocycles. The summed E-state index contributed by atoms with van der Waals surface area (Å²) < 4.78 is 5.99. The molecule has 1 aliphatic rings. The molecule has 6 nitrogen and oxygen atoms in total. The zero-order chi connectivity index (χ0) is 25.5. The Kier molecular flexibility index (Phi) is 7.98. The third kappa shape index (κ3) is 5.90. The molecule has 184 valence electrons. The lowest BCUT2D eigenvalue weighted by molar-refractivity contribution is -0.129. The van der Waals surface area contributed by atoms with Crippen LogP contribution in [-0.2, 0) is 9.59 Å². The third-order valence-corrected chi connectivity index (χ3v) is 5.95. The zero-order valence-corrected chi connectivity index (χ0v) is 20.5. The van der Waals surface area contributed by atoms with Crippen LogP contribution in [0.15, 0.2) is 102 Å². The molecule has 3 aromatic rings. The molecule has 1 heterocycles. The lowest BCUT2D eigenvalue weighted by atomic mass is 9.95. The Morgan fingerprint density at radius 3 is 2.33 bits per heavy atom. The van der Waals surface area contributed by atoms with Gasteiger partial charge in [-0.2, -0.15) is 0 Å². The fourth-order valence-corrected chi connectivity index (χ4v) is 4.24. The summed E-state index contributed by atoms with van der Waals surface area (Å²) in [6.45, 7) is 1.17. The first-order valence-corrected chi connectivity index (χ1v) is 11.9. The predicted molar refractivity (Wildman–Crippen MR) is 141 cm³/mol. The van der Waals surface area contributed by atoms with Crippen LogP contribution < -0.4 is 4.74 Å². The molecule has 4 rings (SSSR count). The highest BCUT2D eigenvalue weighted by molar-refractivity contribution is 6.14. The molecule has 1 atom stereocenters. The Balaban J connectivity index is 1.67. The number of carbonyl (C=O) groups is 2. The van der Waals surface area contributed by atoms with Gasteiger partial charge in [0, 0.05) is 6.54 Å². The van der Waals surface area contributed by atoms with Crippen LogP contribution in [0, 0.1) is 0 Å². The lowest BCUT2D eigenvalue weighted by Gasteiger charge is -2.27. The first kappa shape index (κ1) is 24.9. The molecule has 1 unspecified atom stereocenters. The number of carbonyl (C=O) groups excluding carboxylic acids is 2. The van der Waals surface area contributed by atoms with Crippen molar-refractivity contribution < 1.29 is 19.4 Å². The maximum atomic E-state index is 13.3. The van der Waals surface area contributed by atoms with Gasteiger partial charge in [-0.05, 0) is 68.5 Å². The van der Waals surface area contributed by atoms with Gasteiger partial charge in [0.1, 0.15) is 11.5 Å². The van der Waals surface area contributed by atoms with E-state index < -0.39 is 23.5 Å². The summed E-state index contributed by atoms with van der Waals surface area (Å²) in [7, 11) is 3.93. The van der Waals surface area contributed by atoms with E-state index in [9.17, 15) is 14.7 Å². The number of hydrogen-bond donors (Lipinski definition) is 1. The number of benzene rings is 3. The van der Waals surface area contributed by atoms with Gasteiger partial charge in [-0.1, -0.05) is 66.7 Å². The van der Waals surface area contributed by atoms with E-state index in [0.29, 0.717) is 30.0 Å². The van der Waals surface area contributed by atoms with Crippen LogP contribution in [-0.4, -0.2) is 53.8 Å². The van der Waals surface area contributed by atoms with Gasteiger partial charge in [-0.3, -0.25) is 9.59 Å². The van der Waals surface area contributed by atoms with E-state index >= 15 is 0 Å². The Hall–Kier alpha value is -4.16. The van der Waals surface area contributed by atoms with E-state index in [1.807, 2.05) is 104 Å². The van der Waals surface area contributed by atoms with E-state index in [1.54, 1.807) is 11.0 Å². The molecular weight excluding hydrogens is 452 g/mol. The Morgan fingerprint density at radius 2 is 1.64 bits per heavy atom. The smallest absolute Gasteiger partial charge is 0.290 e. The Morgan fingerprint density at radius 1 is 0.972 bits per heavy atom. The van der Waals surface area contributed by atoms with Crippen molar-refractivity contribution in [3.8, 4) is 11.5 Å². The quantitative estimate of drug-likeness (QED) is 0.392. The summed E-state index contributed by atoms with van der Waals surface area (Å²) in [4.78, 5) is 30.1. The maximum Gasteiger partial charge on any atom is 0.290 e. The van der Waals surface area contributed by atoms with E-state index in [0.717, 1.165) is 12.1 Å². The summed E-state index contributed by atoms with van der Waals surface area (Å²) in [6, 6.07) is 25.4. The molecule has 3 aromatic carbocycles. The van der Waals surface area contributed by atoms with E-state index in [1.165, 1.54) is 6.08 Å². The topological polar surface area (TPSA) is 70.1 Å². The molecule has 36 heavy (non-hydrogen) atoms. The number of allylic oxidation sites excluding steroid dienone is 1. The lowest BCUT2D eigenvalue weighted by Crippen LogP contribution is -2.33. The van der Waals surface area contributed by atoms with Crippen LogP contribution >= 0.6 is 0 Å². The summed E-state index contributed by atoms with van der Waals surface area (Å²) in [5, 5.41) is 10.8. The number of amides is 1. The number of aliphatic hydroxyl groups is 1. The molecule has 0 aromatic heterocycles. The Bertz CT molecular complexity index is 1270. The highest BCUT2D eigenvalue weighted by Gasteiger charge is 2.42. The van der Waals surface area contributed by atoms with Crippen LogP contribution in [0.3, 0.4) is 0 Å². The van der Waals surface area contributed by atoms with Crippen molar-refractivity contribution in [1.29, 1.82) is 0 Å². The van der Waals surface area contributed by atoms with Gasteiger partial charge in [0.25, 0.3) is 5.91 Å². The van der Waals surface area contributed by atoms with Gasteiger partial charge in [0.15, 0.2) is 11.5 Å². The molecule has 0 bridgehead atoms. The second-order valence-corrected chi connectivity index (χ2v) is 8.92. The van der Waals surface area contributed by atoms with Crippen molar-refractivity contribution in [1.82, 2.24) is 9.80 Å². The number of rotatable bonds is 10. The van der Waals surface area contributed by atoms with Gasteiger partial charge in [-0.15, -0.1) is 0 Å². The first-order valence-electron chi connectivity index (χ1n) is 11.9. The molecule has 1 aliphatic heterocycles. The SMILES string of the molecule is CN(C)CCCN1C(=O)C(O)=C(C(=O)/C=C/c2ccccc2)C1c1cccc(Oc2ccccc2)c1. The summed E-state index contributed by atoms with van der Waals surface area (Å²) >= 11 is 0.